The van der Waals surface area contributed by atoms with E-state index in [4.69, 9.17) is 11.6 Å². The smallest absolute Gasteiger partial charge is 0.261 e. The minimum atomic E-state index is -4.02. The zero-order chi connectivity index (χ0) is 23.6. The quantitative estimate of drug-likeness (QED) is 0.602. The Labute approximate surface area is 197 Å². The van der Waals surface area contributed by atoms with Crippen molar-refractivity contribution in [1.82, 2.24) is 14.5 Å². The Bertz CT molecular complexity index is 1150. The van der Waals surface area contributed by atoms with Gasteiger partial charge in [0.25, 0.3) is 11.8 Å². The number of sulfonamides is 1. The average Bonchev–Trinajstić information content (AvgIpc) is 2.92. The van der Waals surface area contributed by atoms with Gasteiger partial charge in [0.2, 0.25) is 15.9 Å². The Morgan fingerprint density at radius 3 is 2.24 bits per heavy atom. The van der Waals surface area contributed by atoms with Crippen molar-refractivity contribution < 1.29 is 22.8 Å². The first-order chi connectivity index (χ1) is 15.8. The highest BCUT2D eigenvalue weighted by atomic mass is 35.5. The third-order valence-corrected chi connectivity index (χ3v) is 8.09. The SMILES string of the molecule is O=C1NCCCC[C@H]1N(CCCN1C(=O)c2ccccc2C1=O)S(=O)(=O)c1ccc(Cl)cc1. The molecule has 1 N–H and O–H groups in total. The van der Waals surface area contributed by atoms with Gasteiger partial charge in [0, 0.05) is 24.7 Å². The first-order valence-corrected chi connectivity index (χ1v) is 12.6. The van der Waals surface area contributed by atoms with Gasteiger partial charge < -0.3 is 5.32 Å². The molecular weight excluding hydrogens is 466 g/mol. The van der Waals surface area contributed by atoms with Crippen LogP contribution >= 0.6 is 11.6 Å². The van der Waals surface area contributed by atoms with Crippen molar-refractivity contribution in [3.63, 3.8) is 0 Å². The third kappa shape index (κ3) is 4.66. The average molecular weight is 490 g/mol. The van der Waals surface area contributed by atoms with Crippen LogP contribution in [0.25, 0.3) is 0 Å². The molecule has 2 aliphatic rings. The minimum absolute atomic E-state index is 0.0174. The lowest BCUT2D eigenvalue weighted by Crippen LogP contribution is -2.49. The fraction of sp³-hybridized carbons (Fsp3) is 0.348. The van der Waals surface area contributed by atoms with E-state index in [1.54, 1.807) is 24.3 Å². The number of benzene rings is 2. The van der Waals surface area contributed by atoms with E-state index in [0.717, 1.165) is 11.3 Å². The molecule has 2 aromatic rings. The summed E-state index contributed by atoms with van der Waals surface area (Å²) in [6.07, 6.45) is 2.06. The number of amides is 3. The number of carbonyl (C=O) groups is 3. The fourth-order valence-corrected chi connectivity index (χ4v) is 5.99. The zero-order valence-electron chi connectivity index (χ0n) is 17.9. The van der Waals surface area contributed by atoms with Gasteiger partial charge in [0.05, 0.1) is 16.0 Å². The van der Waals surface area contributed by atoms with Crippen molar-refractivity contribution in [2.45, 2.75) is 36.6 Å². The second-order valence-electron chi connectivity index (χ2n) is 8.03. The maximum atomic E-state index is 13.5. The van der Waals surface area contributed by atoms with Gasteiger partial charge in [-0.05, 0) is 62.1 Å². The number of hydrogen-bond donors (Lipinski definition) is 1. The van der Waals surface area contributed by atoms with Crippen LogP contribution in [0, 0.1) is 0 Å². The number of hydrogen-bond acceptors (Lipinski definition) is 5. The molecule has 0 aromatic heterocycles. The van der Waals surface area contributed by atoms with Crippen LogP contribution in [-0.4, -0.2) is 61.0 Å². The molecule has 1 saturated heterocycles. The summed E-state index contributed by atoms with van der Waals surface area (Å²) in [5.41, 5.74) is 0.688. The molecule has 2 aromatic carbocycles. The molecule has 3 amide bonds. The normalized spacial score (nSPS) is 18.9. The summed E-state index contributed by atoms with van der Waals surface area (Å²) in [6, 6.07) is 11.5. The lowest BCUT2D eigenvalue weighted by Gasteiger charge is -2.29. The van der Waals surface area contributed by atoms with Crippen molar-refractivity contribution in [2.75, 3.05) is 19.6 Å². The highest BCUT2D eigenvalue weighted by Gasteiger charge is 2.38. The maximum Gasteiger partial charge on any atom is 0.261 e. The number of rotatable bonds is 7. The van der Waals surface area contributed by atoms with Gasteiger partial charge in [0.1, 0.15) is 6.04 Å². The van der Waals surface area contributed by atoms with Crippen molar-refractivity contribution in [1.29, 1.82) is 0 Å². The predicted molar refractivity (Wildman–Crippen MR) is 122 cm³/mol. The Balaban J connectivity index is 1.55. The predicted octanol–water partition coefficient (Wildman–Crippen LogP) is 2.69. The number of imide groups is 1. The molecule has 0 saturated carbocycles. The van der Waals surface area contributed by atoms with Crippen LogP contribution in [0.5, 0.6) is 0 Å². The van der Waals surface area contributed by atoms with Crippen LogP contribution in [0.3, 0.4) is 0 Å². The summed E-state index contributed by atoms with van der Waals surface area (Å²) < 4.78 is 28.2. The molecule has 33 heavy (non-hydrogen) atoms. The summed E-state index contributed by atoms with van der Waals surface area (Å²) in [4.78, 5) is 39.1. The Kier molecular flexibility index (Phi) is 6.83. The van der Waals surface area contributed by atoms with Crippen LogP contribution in [0.1, 0.15) is 46.4 Å². The maximum absolute atomic E-state index is 13.5. The molecule has 0 unspecified atom stereocenters. The van der Waals surface area contributed by atoms with Gasteiger partial charge in [-0.15, -0.1) is 0 Å². The highest BCUT2D eigenvalue weighted by Crippen LogP contribution is 2.26. The molecule has 0 aliphatic carbocycles. The second kappa shape index (κ2) is 9.62. The number of nitrogens with zero attached hydrogens (tertiary/aromatic N) is 2. The topological polar surface area (TPSA) is 104 Å². The minimum Gasteiger partial charge on any atom is -0.355 e. The molecule has 8 nitrogen and oxygen atoms in total. The standard InChI is InChI=1S/C23H24ClN3O5S/c24-16-9-11-17(12-10-16)33(31,32)27(20-8-3-4-13-25-21(20)28)15-5-14-26-22(29)18-6-1-2-7-19(18)23(26)30/h1-2,6-7,9-12,20H,3-5,8,13-15H2,(H,25,28)/t20-/m1/s1. The van der Waals surface area contributed by atoms with Gasteiger partial charge in [-0.1, -0.05) is 23.7 Å². The van der Waals surface area contributed by atoms with Crippen LogP contribution in [0.4, 0.5) is 0 Å². The molecule has 10 heteroatoms. The van der Waals surface area contributed by atoms with E-state index >= 15 is 0 Å². The van der Waals surface area contributed by atoms with E-state index in [0.29, 0.717) is 35.5 Å². The number of nitrogens with one attached hydrogen (secondary N) is 1. The van der Waals surface area contributed by atoms with Gasteiger partial charge in [-0.25, -0.2) is 8.42 Å². The first kappa shape index (κ1) is 23.4. The third-order valence-electron chi connectivity index (χ3n) is 5.91. The van der Waals surface area contributed by atoms with E-state index in [1.807, 2.05) is 0 Å². The number of fused-ring (bicyclic) bond motifs is 1. The molecule has 174 valence electrons. The lowest BCUT2D eigenvalue weighted by atomic mass is 10.1. The first-order valence-electron chi connectivity index (χ1n) is 10.8. The zero-order valence-corrected chi connectivity index (χ0v) is 19.4. The molecule has 4 rings (SSSR count). The number of carbonyl (C=O) groups excluding carboxylic acids is 3. The molecule has 1 atom stereocenters. The van der Waals surface area contributed by atoms with Crippen LogP contribution in [-0.2, 0) is 14.8 Å². The summed E-state index contributed by atoms with van der Waals surface area (Å²) in [6.45, 7) is 0.531. The molecule has 1 fully saturated rings. The molecule has 2 heterocycles. The van der Waals surface area contributed by atoms with E-state index in [-0.39, 0.29) is 30.3 Å². The van der Waals surface area contributed by atoms with Crippen molar-refractivity contribution in [3.8, 4) is 0 Å². The van der Waals surface area contributed by atoms with Gasteiger partial charge in [0.15, 0.2) is 0 Å². The molecular formula is C23H24ClN3O5S. The van der Waals surface area contributed by atoms with E-state index in [1.165, 1.54) is 28.6 Å². The Hall–Kier alpha value is -2.75. The van der Waals surface area contributed by atoms with Crippen LogP contribution < -0.4 is 5.32 Å². The molecule has 0 spiro atoms. The molecule has 0 bridgehead atoms. The van der Waals surface area contributed by atoms with Gasteiger partial charge in [-0.3, -0.25) is 19.3 Å². The summed E-state index contributed by atoms with van der Waals surface area (Å²) >= 11 is 5.91. The van der Waals surface area contributed by atoms with Crippen molar-refractivity contribution >= 4 is 39.3 Å². The second-order valence-corrected chi connectivity index (χ2v) is 10.4. The van der Waals surface area contributed by atoms with Gasteiger partial charge >= 0.3 is 0 Å². The van der Waals surface area contributed by atoms with Crippen LogP contribution in [0.2, 0.25) is 5.02 Å². The Morgan fingerprint density at radius 2 is 1.61 bits per heavy atom. The summed E-state index contributed by atoms with van der Waals surface area (Å²) in [5.74, 6) is -1.13. The molecule has 2 aliphatic heterocycles. The van der Waals surface area contributed by atoms with Gasteiger partial charge in [-0.2, -0.15) is 4.31 Å². The summed E-state index contributed by atoms with van der Waals surface area (Å²) in [5, 5.41) is 3.18. The Morgan fingerprint density at radius 1 is 0.970 bits per heavy atom. The highest BCUT2D eigenvalue weighted by molar-refractivity contribution is 7.89. The fourth-order valence-electron chi connectivity index (χ4n) is 4.21. The van der Waals surface area contributed by atoms with Crippen molar-refractivity contribution in [2.24, 2.45) is 0 Å². The lowest BCUT2D eigenvalue weighted by molar-refractivity contribution is -0.124. The molecule has 0 radical (unpaired) electrons. The van der Waals surface area contributed by atoms with E-state index in [2.05, 4.69) is 5.32 Å². The van der Waals surface area contributed by atoms with Crippen molar-refractivity contribution in [3.05, 3.63) is 64.7 Å². The largest absolute Gasteiger partial charge is 0.355 e. The van der Waals surface area contributed by atoms with Crippen LogP contribution in [0.15, 0.2) is 53.4 Å². The van der Waals surface area contributed by atoms with E-state index < -0.39 is 27.9 Å². The van der Waals surface area contributed by atoms with E-state index in [9.17, 15) is 22.8 Å². The monoisotopic (exact) mass is 489 g/mol. The summed E-state index contributed by atoms with van der Waals surface area (Å²) in [7, 11) is -4.02. The number of halogens is 1.